The van der Waals surface area contributed by atoms with Gasteiger partial charge in [0, 0.05) is 42.7 Å². The lowest BCUT2D eigenvalue weighted by Crippen LogP contribution is -2.57. The van der Waals surface area contributed by atoms with E-state index in [1.54, 1.807) is 42.7 Å². The van der Waals surface area contributed by atoms with Gasteiger partial charge in [0.15, 0.2) is 0 Å². The molecule has 0 heterocycles. The van der Waals surface area contributed by atoms with E-state index in [4.69, 9.17) is 28.4 Å². The number of methoxy groups -OCH3 is 6. The summed E-state index contributed by atoms with van der Waals surface area (Å²) < 4.78 is 33.6. The predicted molar refractivity (Wildman–Crippen MR) is 107 cm³/mol. The van der Waals surface area contributed by atoms with E-state index in [1.165, 1.54) is 5.56 Å². The molecule has 144 valence electrons. The summed E-state index contributed by atoms with van der Waals surface area (Å²) in [7, 11) is 7.73. The fourth-order valence-corrected chi connectivity index (χ4v) is 13.7. The molecule has 9 heteroatoms. The topological polar surface area (TPSA) is 55.4 Å². The molecule has 1 rings (SSSR count). The van der Waals surface area contributed by atoms with Crippen LogP contribution >= 0.6 is 0 Å². The fraction of sp³-hybridized carbons (Fsp3) is 0.625. The van der Waals surface area contributed by atoms with Gasteiger partial charge >= 0.3 is 0 Å². The molecule has 0 aliphatic heterocycles. The van der Waals surface area contributed by atoms with Crippen LogP contribution in [0.15, 0.2) is 30.3 Å². The SMILES string of the molecule is COC(OC)[SiH2]C([SiH2]C(OC)OC)([SiH2]C(OC)OC)c1ccccc1. The smallest absolute Gasteiger partial charge is 0.134 e. The third-order valence-corrected chi connectivity index (χ3v) is 16.4. The zero-order chi connectivity index (χ0) is 18.7. The maximum atomic E-state index is 5.59. The third-order valence-electron chi connectivity index (χ3n) is 4.64. The van der Waals surface area contributed by atoms with Crippen LogP contribution in [-0.4, -0.2) is 89.0 Å². The van der Waals surface area contributed by atoms with Gasteiger partial charge in [-0.05, 0) is 4.28 Å². The number of ether oxygens (including phenoxy) is 6. The zero-order valence-electron chi connectivity index (χ0n) is 16.2. The Bertz CT molecular complexity index is 416. The van der Waals surface area contributed by atoms with Crippen LogP contribution < -0.4 is 0 Å². The molecule has 1 aromatic rings. The highest BCUT2D eigenvalue weighted by molar-refractivity contribution is 6.80. The standard InChI is InChI=1S/C16H32O6Si3/c1-17-13(18-2)23-16(24-14(19-3)20-4,25-15(21-5)22-6)12-10-8-7-9-11-12/h7-11,13-15H,23-25H2,1-6H3. The van der Waals surface area contributed by atoms with Gasteiger partial charge in [0.05, 0.1) is 28.6 Å². The maximum absolute atomic E-state index is 5.59. The Labute approximate surface area is 157 Å². The monoisotopic (exact) mass is 404 g/mol. The molecule has 0 saturated carbocycles. The lowest BCUT2D eigenvalue weighted by atomic mass is 10.2. The Morgan fingerprint density at radius 3 is 1.20 bits per heavy atom. The molecule has 25 heavy (non-hydrogen) atoms. The first-order valence-electron chi connectivity index (χ1n) is 8.31. The van der Waals surface area contributed by atoms with Crippen molar-refractivity contribution in [3.8, 4) is 0 Å². The van der Waals surface area contributed by atoms with Crippen LogP contribution in [0.1, 0.15) is 5.56 Å². The largest absolute Gasteiger partial charge is 0.360 e. The second kappa shape index (κ2) is 12.1. The molecule has 1 aromatic carbocycles. The summed E-state index contributed by atoms with van der Waals surface area (Å²) in [6, 6.07) is 10.6. The van der Waals surface area contributed by atoms with Gasteiger partial charge in [0.1, 0.15) is 17.7 Å². The highest BCUT2D eigenvalue weighted by Gasteiger charge is 2.41. The van der Waals surface area contributed by atoms with E-state index >= 15 is 0 Å². The molecule has 6 nitrogen and oxygen atoms in total. The van der Waals surface area contributed by atoms with E-state index in [0.717, 1.165) is 0 Å². The summed E-state index contributed by atoms with van der Waals surface area (Å²) in [5.41, 5.74) is 1.32. The van der Waals surface area contributed by atoms with Crippen molar-refractivity contribution in [1.82, 2.24) is 0 Å². The minimum Gasteiger partial charge on any atom is -0.360 e. The molecule has 0 aliphatic rings. The van der Waals surface area contributed by atoms with Crippen molar-refractivity contribution in [2.24, 2.45) is 0 Å². The van der Waals surface area contributed by atoms with Gasteiger partial charge < -0.3 is 28.4 Å². The average molecular weight is 405 g/mol. The van der Waals surface area contributed by atoms with Crippen molar-refractivity contribution in [1.29, 1.82) is 0 Å². The summed E-state index contributed by atoms with van der Waals surface area (Å²) >= 11 is 0. The van der Waals surface area contributed by atoms with Crippen molar-refractivity contribution in [2.75, 3.05) is 42.7 Å². The van der Waals surface area contributed by atoms with Gasteiger partial charge in [-0.2, -0.15) is 0 Å². The molecule has 0 unspecified atom stereocenters. The van der Waals surface area contributed by atoms with E-state index < -0.39 is 28.6 Å². The minimum atomic E-state index is -0.830. The molecule has 0 bridgehead atoms. The Morgan fingerprint density at radius 2 is 0.920 bits per heavy atom. The van der Waals surface area contributed by atoms with E-state index in [0.29, 0.717) is 0 Å². The van der Waals surface area contributed by atoms with Crippen molar-refractivity contribution >= 4 is 28.6 Å². The number of benzene rings is 1. The quantitative estimate of drug-likeness (QED) is 0.312. The number of hydrogen-bond donors (Lipinski definition) is 0. The molecule has 0 aromatic heterocycles. The van der Waals surface area contributed by atoms with E-state index in [-0.39, 0.29) is 22.0 Å². The van der Waals surface area contributed by atoms with E-state index in [1.807, 2.05) is 6.07 Å². The summed E-state index contributed by atoms with van der Waals surface area (Å²) in [5, 5.41) is 0. The van der Waals surface area contributed by atoms with Crippen molar-refractivity contribution in [3.63, 3.8) is 0 Å². The molecule has 0 radical (unpaired) electrons. The molecule has 0 N–H and O–H groups in total. The first-order valence-corrected chi connectivity index (χ1v) is 12.9. The highest BCUT2D eigenvalue weighted by atomic mass is 28.3. The second-order valence-electron chi connectivity index (χ2n) is 5.96. The van der Waals surface area contributed by atoms with E-state index in [9.17, 15) is 0 Å². The summed E-state index contributed by atoms with van der Waals surface area (Å²) in [6.45, 7) is 0. The zero-order valence-corrected chi connectivity index (χ0v) is 20.4. The minimum absolute atomic E-state index is 0.0331. The second-order valence-corrected chi connectivity index (χ2v) is 16.2. The van der Waals surface area contributed by atoms with Gasteiger partial charge in [-0.25, -0.2) is 0 Å². The van der Waals surface area contributed by atoms with Crippen LogP contribution in [0.5, 0.6) is 0 Å². The van der Waals surface area contributed by atoms with Gasteiger partial charge in [-0.1, -0.05) is 35.9 Å². The van der Waals surface area contributed by atoms with Gasteiger partial charge in [0.25, 0.3) is 0 Å². The van der Waals surface area contributed by atoms with Crippen LogP contribution in [0.2, 0.25) is 0 Å². The first kappa shape index (κ1) is 22.7. The highest BCUT2D eigenvalue weighted by Crippen LogP contribution is 2.26. The molecular weight excluding hydrogens is 372 g/mol. The summed E-state index contributed by atoms with van der Waals surface area (Å²) in [4.78, 5) is 0. The van der Waals surface area contributed by atoms with Gasteiger partial charge in [-0.3, -0.25) is 0 Å². The van der Waals surface area contributed by atoms with Crippen LogP contribution in [0, 0.1) is 0 Å². The molecule has 0 fully saturated rings. The van der Waals surface area contributed by atoms with Gasteiger partial charge in [0.2, 0.25) is 0 Å². The average Bonchev–Trinajstić information content (AvgIpc) is 2.68. The fourth-order valence-electron chi connectivity index (χ4n) is 3.14. The van der Waals surface area contributed by atoms with Crippen LogP contribution in [0.25, 0.3) is 0 Å². The molecule has 0 aliphatic carbocycles. The maximum Gasteiger partial charge on any atom is 0.134 e. The number of rotatable bonds is 13. The molecule has 0 atom stereocenters. The van der Waals surface area contributed by atoms with Crippen molar-refractivity contribution in [2.45, 2.75) is 22.0 Å². The predicted octanol–water partition coefficient (Wildman–Crippen LogP) is -0.967. The summed E-state index contributed by atoms with van der Waals surface area (Å²) in [6.07, 6.45) is 0. The first-order chi connectivity index (χ1) is 12.1. The Morgan fingerprint density at radius 1 is 0.600 bits per heavy atom. The molecule has 0 saturated heterocycles. The Kier molecular flexibility index (Phi) is 11.0. The lowest BCUT2D eigenvalue weighted by Gasteiger charge is -2.39. The van der Waals surface area contributed by atoms with Crippen molar-refractivity contribution < 1.29 is 28.4 Å². The summed E-state index contributed by atoms with van der Waals surface area (Å²) in [5.74, 6) is -0.489. The van der Waals surface area contributed by atoms with Crippen LogP contribution in [0.4, 0.5) is 0 Å². The van der Waals surface area contributed by atoms with E-state index in [2.05, 4.69) is 24.3 Å². The van der Waals surface area contributed by atoms with Crippen molar-refractivity contribution in [3.05, 3.63) is 35.9 Å². The van der Waals surface area contributed by atoms with Crippen LogP contribution in [-0.2, 0) is 32.7 Å². The normalized spacial score (nSPS) is 15.9. The third kappa shape index (κ3) is 6.70. The Hall–Kier alpha value is -0.369. The van der Waals surface area contributed by atoms with Crippen LogP contribution in [0.3, 0.4) is 0 Å². The number of hydrogen-bond acceptors (Lipinski definition) is 6. The lowest BCUT2D eigenvalue weighted by molar-refractivity contribution is -0.0512. The Balaban J connectivity index is 3.33. The molecular formula is C16H32O6Si3. The molecule has 0 spiro atoms. The molecule has 0 amide bonds. The van der Waals surface area contributed by atoms with Gasteiger partial charge in [-0.15, -0.1) is 0 Å².